The summed E-state index contributed by atoms with van der Waals surface area (Å²) in [5, 5.41) is 10.7. The number of aromatic nitrogens is 1. The van der Waals surface area contributed by atoms with Gasteiger partial charge in [-0.1, -0.05) is 18.2 Å². The highest BCUT2D eigenvalue weighted by Crippen LogP contribution is 2.41. The van der Waals surface area contributed by atoms with Crippen LogP contribution in [0.3, 0.4) is 0 Å². The zero-order valence-corrected chi connectivity index (χ0v) is 9.91. The SMILES string of the molecule is O=C(O)c1csnc1-c1cccc(C2CC2)c1. The predicted octanol–water partition coefficient (Wildman–Crippen LogP) is 3.39. The highest BCUT2D eigenvalue weighted by Gasteiger charge is 2.24. The quantitative estimate of drug-likeness (QED) is 0.901. The van der Waals surface area contributed by atoms with Crippen LogP contribution < -0.4 is 0 Å². The molecule has 2 aromatic rings. The van der Waals surface area contributed by atoms with Crippen molar-refractivity contribution in [2.45, 2.75) is 18.8 Å². The van der Waals surface area contributed by atoms with Crippen molar-refractivity contribution in [3.8, 4) is 11.3 Å². The third kappa shape index (κ3) is 1.96. The third-order valence-corrected chi connectivity index (χ3v) is 3.64. The van der Waals surface area contributed by atoms with Gasteiger partial charge in [-0.15, -0.1) is 0 Å². The molecule has 0 amide bonds. The van der Waals surface area contributed by atoms with Crippen LogP contribution in [0, 0.1) is 0 Å². The number of hydrogen-bond acceptors (Lipinski definition) is 3. The molecule has 4 heteroatoms. The second kappa shape index (κ2) is 3.96. The van der Waals surface area contributed by atoms with Crippen LogP contribution in [-0.2, 0) is 0 Å². The molecule has 1 fully saturated rings. The summed E-state index contributed by atoms with van der Waals surface area (Å²) in [7, 11) is 0. The van der Waals surface area contributed by atoms with Gasteiger partial charge in [-0.25, -0.2) is 4.79 Å². The minimum absolute atomic E-state index is 0.294. The van der Waals surface area contributed by atoms with Gasteiger partial charge in [0, 0.05) is 10.9 Å². The fraction of sp³-hybridized carbons (Fsp3) is 0.231. The van der Waals surface area contributed by atoms with E-state index in [0.717, 1.165) is 5.56 Å². The molecule has 1 heterocycles. The van der Waals surface area contributed by atoms with Crippen LogP contribution in [0.5, 0.6) is 0 Å². The zero-order chi connectivity index (χ0) is 11.8. The van der Waals surface area contributed by atoms with Crippen molar-refractivity contribution in [3.63, 3.8) is 0 Å². The fourth-order valence-electron chi connectivity index (χ4n) is 1.95. The molecule has 0 radical (unpaired) electrons. The Kier molecular flexibility index (Phi) is 2.44. The van der Waals surface area contributed by atoms with Crippen LogP contribution in [-0.4, -0.2) is 15.4 Å². The molecule has 0 unspecified atom stereocenters. The summed E-state index contributed by atoms with van der Waals surface area (Å²) in [5.41, 5.74) is 3.09. The highest BCUT2D eigenvalue weighted by molar-refractivity contribution is 7.04. The minimum atomic E-state index is -0.912. The summed E-state index contributed by atoms with van der Waals surface area (Å²) in [6.07, 6.45) is 2.48. The molecule has 86 valence electrons. The molecule has 1 aromatic heterocycles. The van der Waals surface area contributed by atoms with Crippen molar-refractivity contribution in [1.29, 1.82) is 0 Å². The van der Waals surface area contributed by atoms with Crippen LogP contribution in [0.15, 0.2) is 29.6 Å². The van der Waals surface area contributed by atoms with Crippen LogP contribution in [0.25, 0.3) is 11.3 Å². The lowest BCUT2D eigenvalue weighted by atomic mass is 10.0. The Morgan fingerprint density at radius 3 is 2.94 bits per heavy atom. The van der Waals surface area contributed by atoms with E-state index in [9.17, 15) is 4.79 Å². The molecular weight excluding hydrogens is 234 g/mol. The Balaban J connectivity index is 2.05. The summed E-state index contributed by atoms with van der Waals surface area (Å²) in [6, 6.07) is 8.08. The lowest BCUT2D eigenvalue weighted by Crippen LogP contribution is -1.97. The van der Waals surface area contributed by atoms with E-state index in [1.807, 2.05) is 12.1 Å². The van der Waals surface area contributed by atoms with Gasteiger partial charge in [0.25, 0.3) is 0 Å². The molecule has 0 bridgehead atoms. The van der Waals surface area contributed by atoms with Crippen molar-refractivity contribution in [2.75, 3.05) is 0 Å². The van der Waals surface area contributed by atoms with Gasteiger partial charge in [-0.05, 0) is 41.9 Å². The van der Waals surface area contributed by atoms with Crippen molar-refractivity contribution >= 4 is 17.5 Å². The molecule has 0 saturated heterocycles. The topological polar surface area (TPSA) is 50.2 Å². The number of hydrogen-bond donors (Lipinski definition) is 1. The lowest BCUT2D eigenvalue weighted by molar-refractivity contribution is 0.0698. The van der Waals surface area contributed by atoms with Gasteiger partial charge in [0.05, 0.1) is 11.3 Å². The molecule has 0 atom stereocenters. The van der Waals surface area contributed by atoms with E-state index >= 15 is 0 Å². The molecule has 17 heavy (non-hydrogen) atoms. The van der Waals surface area contributed by atoms with E-state index in [1.54, 1.807) is 5.38 Å². The van der Waals surface area contributed by atoms with Crippen LogP contribution in [0.1, 0.15) is 34.7 Å². The van der Waals surface area contributed by atoms with Gasteiger partial charge in [-0.2, -0.15) is 4.37 Å². The molecule has 1 saturated carbocycles. The van der Waals surface area contributed by atoms with Crippen LogP contribution in [0.2, 0.25) is 0 Å². The normalized spacial score (nSPS) is 14.8. The summed E-state index contributed by atoms with van der Waals surface area (Å²) in [4.78, 5) is 11.1. The van der Waals surface area contributed by atoms with Gasteiger partial charge < -0.3 is 5.11 Å². The molecule has 0 spiro atoms. The van der Waals surface area contributed by atoms with Crippen LogP contribution >= 0.6 is 11.5 Å². The van der Waals surface area contributed by atoms with Gasteiger partial charge in [0.15, 0.2) is 0 Å². The van der Waals surface area contributed by atoms with Crippen molar-refractivity contribution in [2.24, 2.45) is 0 Å². The van der Waals surface area contributed by atoms with Gasteiger partial charge in [0.2, 0.25) is 0 Å². The summed E-state index contributed by atoms with van der Waals surface area (Å²) in [5.74, 6) is -0.243. The van der Waals surface area contributed by atoms with Crippen LogP contribution in [0.4, 0.5) is 0 Å². The van der Waals surface area contributed by atoms with Gasteiger partial charge in [0.1, 0.15) is 0 Å². The second-order valence-electron chi connectivity index (χ2n) is 4.28. The van der Waals surface area contributed by atoms with Gasteiger partial charge in [-0.3, -0.25) is 0 Å². The predicted molar refractivity (Wildman–Crippen MR) is 66.5 cm³/mol. The molecule has 3 rings (SSSR count). The maximum Gasteiger partial charge on any atom is 0.338 e. The van der Waals surface area contributed by atoms with Crippen molar-refractivity contribution in [1.82, 2.24) is 4.37 Å². The average Bonchev–Trinajstić information content (AvgIpc) is 3.06. The van der Waals surface area contributed by atoms with Crippen molar-refractivity contribution < 1.29 is 9.90 Å². The van der Waals surface area contributed by atoms with E-state index in [2.05, 4.69) is 16.5 Å². The summed E-state index contributed by atoms with van der Waals surface area (Å²) < 4.78 is 4.19. The molecule has 1 N–H and O–H groups in total. The zero-order valence-electron chi connectivity index (χ0n) is 9.09. The second-order valence-corrected chi connectivity index (χ2v) is 4.91. The summed E-state index contributed by atoms with van der Waals surface area (Å²) >= 11 is 1.19. The standard InChI is InChI=1S/C13H11NO2S/c15-13(16)11-7-17-14-12(11)10-3-1-2-9(6-10)8-4-5-8/h1-3,6-8H,4-5H2,(H,15,16). The Hall–Kier alpha value is -1.68. The molecule has 0 aliphatic heterocycles. The number of aromatic carboxylic acids is 1. The lowest BCUT2D eigenvalue weighted by Gasteiger charge is -2.02. The first-order chi connectivity index (χ1) is 8.25. The fourth-order valence-corrected chi connectivity index (χ4v) is 2.63. The third-order valence-electron chi connectivity index (χ3n) is 3.01. The number of nitrogens with zero attached hydrogens (tertiary/aromatic N) is 1. The smallest absolute Gasteiger partial charge is 0.338 e. The number of carbonyl (C=O) groups is 1. The largest absolute Gasteiger partial charge is 0.478 e. The van der Waals surface area contributed by atoms with Crippen molar-refractivity contribution in [3.05, 3.63) is 40.8 Å². The first-order valence-electron chi connectivity index (χ1n) is 5.53. The first-order valence-corrected chi connectivity index (χ1v) is 6.37. The van der Waals surface area contributed by atoms with E-state index in [1.165, 1.54) is 29.9 Å². The number of benzene rings is 1. The Bertz CT molecular complexity index is 572. The number of carboxylic acids is 1. The molecule has 1 aliphatic carbocycles. The minimum Gasteiger partial charge on any atom is -0.478 e. The Morgan fingerprint density at radius 2 is 2.24 bits per heavy atom. The monoisotopic (exact) mass is 245 g/mol. The van der Waals surface area contributed by atoms with E-state index in [4.69, 9.17) is 5.11 Å². The molecule has 1 aliphatic rings. The van der Waals surface area contributed by atoms with E-state index in [-0.39, 0.29) is 0 Å². The Morgan fingerprint density at radius 1 is 1.41 bits per heavy atom. The first kappa shape index (κ1) is 10.5. The average molecular weight is 245 g/mol. The Labute approximate surface area is 103 Å². The highest BCUT2D eigenvalue weighted by atomic mass is 32.1. The maximum absolute atomic E-state index is 11.1. The molecular formula is C13H11NO2S. The number of rotatable bonds is 3. The van der Waals surface area contributed by atoms with E-state index < -0.39 is 5.97 Å². The molecule has 1 aromatic carbocycles. The molecule has 3 nitrogen and oxygen atoms in total. The summed E-state index contributed by atoms with van der Waals surface area (Å²) in [6.45, 7) is 0. The van der Waals surface area contributed by atoms with E-state index in [0.29, 0.717) is 17.2 Å². The number of carboxylic acid groups (broad SMARTS) is 1. The van der Waals surface area contributed by atoms with Gasteiger partial charge >= 0.3 is 5.97 Å². The maximum atomic E-state index is 11.1.